The maximum atomic E-state index is 13.0. The van der Waals surface area contributed by atoms with E-state index in [1.807, 2.05) is 37.0 Å². The third-order valence-electron chi connectivity index (χ3n) is 12.7. The summed E-state index contributed by atoms with van der Waals surface area (Å²) in [6, 6.07) is 8.64. The number of carboxylic acids is 1. The Morgan fingerprint density at radius 3 is 2.13 bits per heavy atom. The molecule has 368 valence electrons. The van der Waals surface area contributed by atoms with Gasteiger partial charge in [0.2, 0.25) is 17.5 Å². The molecule has 2 unspecified atom stereocenters. The highest BCUT2D eigenvalue weighted by Crippen LogP contribution is 2.47. The van der Waals surface area contributed by atoms with Crippen molar-refractivity contribution in [3.63, 3.8) is 0 Å². The fourth-order valence-electron chi connectivity index (χ4n) is 9.18. The maximum Gasteiger partial charge on any atom is 0.303 e. The minimum Gasteiger partial charge on any atom is -0.744 e. The lowest BCUT2D eigenvalue weighted by Crippen LogP contribution is -2.36. The molecule has 0 fully saturated rings. The van der Waals surface area contributed by atoms with Crippen molar-refractivity contribution >= 4 is 65.2 Å². The average molecular weight is 989 g/mol. The SMILES string of the molecule is CC1(C)C2=[N+](CCCCCC(=O)NCC(CCCCCC(=O)O)CNC(=O)CCCCCC3/C(=C/C=C/C=C/2)N(CCCS(=O)(=O)O)c2ccc(S(=O)(=O)O)cc23)c2ccc(S(=O)(=O)[O-])cc21. The molecule has 0 saturated carbocycles. The van der Waals surface area contributed by atoms with Crippen molar-refractivity contribution in [3.05, 3.63) is 83.6 Å². The van der Waals surface area contributed by atoms with Crippen molar-refractivity contribution < 1.29 is 63.0 Å². The number of hydrogen-bond acceptors (Lipinski definition) is 11. The summed E-state index contributed by atoms with van der Waals surface area (Å²) in [4.78, 5) is 38.3. The van der Waals surface area contributed by atoms with Gasteiger partial charge in [-0.25, -0.2) is 8.42 Å². The second-order valence-corrected chi connectivity index (χ2v) is 22.4. The minimum atomic E-state index is -4.73. The van der Waals surface area contributed by atoms with Crippen LogP contribution in [0.25, 0.3) is 0 Å². The van der Waals surface area contributed by atoms with Crippen LogP contribution in [-0.4, -0.2) is 104 Å². The molecule has 67 heavy (non-hydrogen) atoms. The quantitative estimate of drug-likeness (QED) is 0.0864. The molecule has 0 bridgehead atoms. The van der Waals surface area contributed by atoms with Crippen molar-refractivity contribution in [2.24, 2.45) is 5.92 Å². The van der Waals surface area contributed by atoms with E-state index in [0.29, 0.717) is 107 Å². The molecule has 2 atom stereocenters. The molecule has 3 aliphatic rings. The zero-order valence-electron chi connectivity index (χ0n) is 38.2. The lowest BCUT2D eigenvalue weighted by molar-refractivity contribution is -0.438. The van der Waals surface area contributed by atoms with Gasteiger partial charge < -0.3 is 25.2 Å². The zero-order valence-corrected chi connectivity index (χ0v) is 40.6. The third-order valence-corrected chi connectivity index (χ3v) is 15.2. The van der Waals surface area contributed by atoms with Gasteiger partial charge in [-0.3, -0.25) is 23.5 Å². The number of amides is 2. The largest absolute Gasteiger partial charge is 0.744 e. The molecular formula is C47H64N4O13S3. The number of carboxylic acid groups (broad SMARTS) is 1. The topological polar surface area (TPSA) is 268 Å². The van der Waals surface area contributed by atoms with Gasteiger partial charge in [0.15, 0.2) is 5.71 Å². The lowest BCUT2D eigenvalue weighted by atomic mass is 9.81. The molecule has 0 aliphatic carbocycles. The molecule has 0 aromatic heterocycles. The van der Waals surface area contributed by atoms with Crippen LogP contribution < -0.4 is 15.5 Å². The highest BCUT2D eigenvalue weighted by molar-refractivity contribution is 7.86. The first-order chi connectivity index (χ1) is 31.6. The van der Waals surface area contributed by atoms with Crippen molar-refractivity contribution in [1.29, 1.82) is 0 Å². The second-order valence-electron chi connectivity index (χ2n) is 18.0. The van der Waals surface area contributed by atoms with Gasteiger partial charge >= 0.3 is 5.97 Å². The molecule has 3 heterocycles. The van der Waals surface area contributed by atoms with E-state index in [2.05, 4.69) is 15.2 Å². The van der Waals surface area contributed by atoms with Crippen LogP contribution in [-0.2, 0) is 50.2 Å². The Morgan fingerprint density at radius 2 is 1.49 bits per heavy atom. The van der Waals surface area contributed by atoms with E-state index in [0.717, 1.165) is 23.5 Å². The molecular weight excluding hydrogens is 925 g/mol. The second kappa shape index (κ2) is 23.5. The Morgan fingerprint density at radius 1 is 0.821 bits per heavy atom. The number of fused-ring (bicyclic) bond motifs is 5. The van der Waals surface area contributed by atoms with E-state index in [9.17, 15) is 53.3 Å². The molecule has 0 saturated heterocycles. The Kier molecular flexibility index (Phi) is 18.7. The molecule has 20 heteroatoms. The molecule has 2 amide bonds. The van der Waals surface area contributed by atoms with Crippen LogP contribution in [0, 0.1) is 5.92 Å². The summed E-state index contributed by atoms with van der Waals surface area (Å²) < 4.78 is 106. The molecule has 5 rings (SSSR count). The number of benzene rings is 2. The van der Waals surface area contributed by atoms with Crippen molar-refractivity contribution in [2.75, 3.05) is 36.8 Å². The summed E-state index contributed by atoms with van der Waals surface area (Å²) in [5, 5.41) is 15.1. The van der Waals surface area contributed by atoms with Gasteiger partial charge in [-0.05, 0) is 107 Å². The van der Waals surface area contributed by atoms with Crippen LogP contribution in [0.15, 0.2) is 82.3 Å². The Labute approximate surface area is 394 Å². The summed E-state index contributed by atoms with van der Waals surface area (Å²) in [7, 11) is -13.6. The van der Waals surface area contributed by atoms with Crippen molar-refractivity contribution in [2.45, 2.75) is 131 Å². The van der Waals surface area contributed by atoms with Crippen LogP contribution in [0.5, 0.6) is 0 Å². The minimum absolute atomic E-state index is 0.0538. The van der Waals surface area contributed by atoms with E-state index in [-0.39, 0.29) is 53.3 Å². The Bertz CT molecular complexity index is 2600. The van der Waals surface area contributed by atoms with E-state index in [1.54, 1.807) is 24.3 Å². The van der Waals surface area contributed by atoms with Crippen LogP contribution in [0.2, 0.25) is 0 Å². The molecule has 3 aliphatic heterocycles. The molecule has 2 aromatic rings. The molecule has 0 spiro atoms. The smallest absolute Gasteiger partial charge is 0.303 e. The van der Waals surface area contributed by atoms with Gasteiger partial charge in [-0.1, -0.05) is 43.9 Å². The zero-order chi connectivity index (χ0) is 49.0. The summed E-state index contributed by atoms with van der Waals surface area (Å²) >= 11 is 0. The van der Waals surface area contributed by atoms with Crippen molar-refractivity contribution in [3.8, 4) is 0 Å². The van der Waals surface area contributed by atoms with Crippen LogP contribution in [0.1, 0.15) is 127 Å². The summed E-state index contributed by atoms with van der Waals surface area (Å²) in [6.45, 7) is 5.28. The Balaban J connectivity index is 1.48. The van der Waals surface area contributed by atoms with Gasteiger partial charge in [0.05, 0.1) is 21.0 Å². The number of allylic oxidation sites excluding steroid dienone is 6. The number of nitrogens with one attached hydrogen (secondary N) is 2. The van der Waals surface area contributed by atoms with Crippen LogP contribution >= 0.6 is 0 Å². The first-order valence-electron chi connectivity index (χ1n) is 23.0. The fraction of sp³-hybridized carbons (Fsp3) is 0.532. The number of rotatable bonds is 12. The summed E-state index contributed by atoms with van der Waals surface area (Å²) in [5.74, 6) is -2.07. The lowest BCUT2D eigenvalue weighted by Gasteiger charge is -2.23. The van der Waals surface area contributed by atoms with E-state index < -0.39 is 53.4 Å². The molecule has 2 aromatic carbocycles. The maximum absolute atomic E-state index is 13.0. The number of anilines is 1. The third kappa shape index (κ3) is 15.4. The highest BCUT2D eigenvalue weighted by atomic mass is 32.2. The molecule has 0 radical (unpaired) electrons. The number of aliphatic carboxylic acids is 1. The number of carbonyl (C=O) groups is 3. The molecule has 17 nitrogen and oxygen atoms in total. The normalized spacial score (nSPS) is 22.3. The van der Waals surface area contributed by atoms with Gasteiger partial charge in [0, 0.05) is 80.3 Å². The summed E-state index contributed by atoms with van der Waals surface area (Å²) in [6.07, 6.45) is 16.9. The predicted molar refractivity (Wildman–Crippen MR) is 253 cm³/mol. The van der Waals surface area contributed by atoms with E-state index in [1.165, 1.54) is 24.3 Å². The number of nitrogens with zero attached hydrogens (tertiary/aromatic N) is 2. The van der Waals surface area contributed by atoms with Crippen LogP contribution in [0.3, 0.4) is 0 Å². The van der Waals surface area contributed by atoms with Crippen LogP contribution in [0.4, 0.5) is 11.4 Å². The first kappa shape index (κ1) is 53.2. The van der Waals surface area contributed by atoms with E-state index in [4.69, 9.17) is 5.11 Å². The predicted octanol–water partition coefficient (Wildman–Crippen LogP) is 6.50. The van der Waals surface area contributed by atoms with Crippen molar-refractivity contribution in [1.82, 2.24) is 10.6 Å². The van der Waals surface area contributed by atoms with Gasteiger partial charge in [0.25, 0.3) is 20.2 Å². The standard InChI is InChI=1S/C47H64N4O13S3/c1-47(2)39-31-36(67(62,63)64)24-26-42(39)51-27-14-6-12-21-45(53)49-33-34(16-7-3-13-22-46(54)55)32-48-44(52)20-11-4-8-17-37-38-30-35(66(59,60)61)23-25-41(38)50(28-15-29-65(56,57)58)40(37)18-9-5-10-19-43(47)51/h5,9-10,18-19,23-26,30-31,34,37H,3-4,6-8,11-17,20-22,27-29,32-33H2,1-2H3,(H5-,48,49,52,53,54,55,56,57,58,59,60,61,62,63,64). The number of hydrogen-bond donors (Lipinski definition) is 5. The monoisotopic (exact) mass is 988 g/mol. The van der Waals surface area contributed by atoms with Gasteiger partial charge in [-0.15, -0.1) is 0 Å². The van der Waals surface area contributed by atoms with Gasteiger partial charge in [0.1, 0.15) is 16.7 Å². The van der Waals surface area contributed by atoms with E-state index >= 15 is 0 Å². The molecule has 5 N–H and O–H groups in total. The number of unbranched alkanes of at least 4 members (excludes halogenated alkanes) is 2. The first-order valence-corrected chi connectivity index (χ1v) is 27.4. The van der Waals surface area contributed by atoms with Gasteiger partial charge in [-0.2, -0.15) is 21.4 Å². The number of carbonyl (C=O) groups excluding carboxylic acids is 2. The average Bonchev–Trinajstić information content (AvgIpc) is 3.64. The summed E-state index contributed by atoms with van der Waals surface area (Å²) in [5.41, 5.74) is 3.51. The fourth-order valence-corrected chi connectivity index (χ4v) is 10.7. The highest BCUT2D eigenvalue weighted by Gasteiger charge is 2.44. The Hall–Kier alpha value is -4.73.